The first kappa shape index (κ1) is 7.67. The predicted octanol–water partition coefficient (Wildman–Crippen LogP) is -1.43. The van der Waals surface area contributed by atoms with Gasteiger partial charge >= 0.3 is 5.69 Å². The van der Waals surface area contributed by atoms with Crippen molar-refractivity contribution in [3.05, 3.63) is 16.8 Å². The number of hydrogen-bond acceptors (Lipinski definition) is 5. The lowest BCUT2D eigenvalue weighted by Crippen LogP contribution is -2.16. The molecule has 0 fully saturated rings. The molecule has 1 heterocycles. The van der Waals surface area contributed by atoms with E-state index in [1.165, 1.54) is 0 Å². The van der Waals surface area contributed by atoms with Crippen LogP contribution in [0.15, 0.2) is 11.1 Å². The summed E-state index contributed by atoms with van der Waals surface area (Å²) in [5, 5.41) is 11.1. The number of nitrogens with one attached hydrogen (secondary N) is 2. The number of aromatic amines is 1. The minimum absolute atomic E-state index is 0.00790. The van der Waals surface area contributed by atoms with E-state index in [1.807, 2.05) is 0 Å². The van der Waals surface area contributed by atoms with E-state index < -0.39 is 5.69 Å². The highest BCUT2D eigenvalue weighted by Gasteiger charge is 1.91. The first-order chi connectivity index (χ1) is 5.33. The van der Waals surface area contributed by atoms with E-state index in [4.69, 9.17) is 5.11 Å². The summed E-state index contributed by atoms with van der Waals surface area (Å²) in [4.78, 5) is 19.9. The van der Waals surface area contributed by atoms with Crippen molar-refractivity contribution in [2.24, 2.45) is 0 Å². The van der Waals surface area contributed by atoms with Crippen molar-refractivity contribution in [3.63, 3.8) is 0 Å². The van der Waals surface area contributed by atoms with E-state index in [-0.39, 0.29) is 6.61 Å². The Bertz CT molecular complexity index is 271. The molecule has 1 rings (SSSR count). The summed E-state index contributed by atoms with van der Waals surface area (Å²) >= 11 is 0. The molecule has 0 aliphatic carbocycles. The number of aromatic nitrogens is 3. The smallest absolute Gasteiger partial charge is 0.349 e. The SMILES string of the molecule is O=c1ncnc(NCCO)[nH]1. The van der Waals surface area contributed by atoms with E-state index in [2.05, 4.69) is 20.3 Å². The summed E-state index contributed by atoms with van der Waals surface area (Å²) in [6.07, 6.45) is 1.15. The van der Waals surface area contributed by atoms with Gasteiger partial charge in [0.15, 0.2) is 0 Å². The van der Waals surface area contributed by atoms with Gasteiger partial charge < -0.3 is 10.4 Å². The van der Waals surface area contributed by atoms with Crippen LogP contribution in [-0.2, 0) is 0 Å². The van der Waals surface area contributed by atoms with Crippen molar-refractivity contribution in [2.75, 3.05) is 18.5 Å². The van der Waals surface area contributed by atoms with Crippen LogP contribution in [-0.4, -0.2) is 33.2 Å². The highest BCUT2D eigenvalue weighted by molar-refractivity contribution is 5.19. The standard InChI is InChI=1S/C5H8N4O2/c10-2-1-6-4-7-3-8-5(11)9-4/h3,10H,1-2H2,(H2,6,7,8,9,11). The van der Waals surface area contributed by atoms with Crippen molar-refractivity contribution >= 4 is 5.95 Å². The number of anilines is 1. The molecule has 0 amide bonds. The van der Waals surface area contributed by atoms with E-state index in [1.54, 1.807) is 0 Å². The van der Waals surface area contributed by atoms with Crippen LogP contribution in [0.2, 0.25) is 0 Å². The van der Waals surface area contributed by atoms with Gasteiger partial charge in [0, 0.05) is 6.54 Å². The van der Waals surface area contributed by atoms with Gasteiger partial charge in [-0.15, -0.1) is 0 Å². The third kappa shape index (κ3) is 2.34. The van der Waals surface area contributed by atoms with Gasteiger partial charge in [-0.3, -0.25) is 4.98 Å². The van der Waals surface area contributed by atoms with Crippen LogP contribution in [0.1, 0.15) is 0 Å². The topological polar surface area (TPSA) is 90.9 Å². The maximum Gasteiger partial charge on any atom is 0.349 e. The monoisotopic (exact) mass is 156 g/mol. The van der Waals surface area contributed by atoms with Gasteiger partial charge in [0.05, 0.1) is 6.61 Å². The van der Waals surface area contributed by atoms with Gasteiger partial charge in [0.25, 0.3) is 0 Å². The Kier molecular flexibility index (Phi) is 2.56. The second-order valence-corrected chi connectivity index (χ2v) is 1.80. The Morgan fingerprint density at radius 3 is 3.09 bits per heavy atom. The van der Waals surface area contributed by atoms with Crippen molar-refractivity contribution in [3.8, 4) is 0 Å². The van der Waals surface area contributed by atoms with Gasteiger partial charge in [0.1, 0.15) is 6.33 Å². The molecule has 60 valence electrons. The number of aliphatic hydroxyl groups is 1. The Balaban J connectivity index is 2.64. The van der Waals surface area contributed by atoms with E-state index >= 15 is 0 Å². The van der Waals surface area contributed by atoms with E-state index in [9.17, 15) is 4.79 Å². The highest BCUT2D eigenvalue weighted by atomic mass is 16.3. The number of aliphatic hydroxyl groups excluding tert-OH is 1. The van der Waals surface area contributed by atoms with Crippen molar-refractivity contribution < 1.29 is 5.11 Å². The highest BCUT2D eigenvalue weighted by Crippen LogP contribution is 1.86. The summed E-state index contributed by atoms with van der Waals surface area (Å²) < 4.78 is 0. The van der Waals surface area contributed by atoms with Crippen LogP contribution in [0, 0.1) is 0 Å². The first-order valence-electron chi connectivity index (χ1n) is 3.09. The van der Waals surface area contributed by atoms with Crippen molar-refractivity contribution in [2.45, 2.75) is 0 Å². The van der Waals surface area contributed by atoms with Gasteiger partial charge in [-0.1, -0.05) is 0 Å². The Morgan fingerprint density at radius 1 is 1.64 bits per heavy atom. The number of H-pyrrole nitrogens is 1. The molecule has 0 bridgehead atoms. The van der Waals surface area contributed by atoms with Crippen LogP contribution in [0.5, 0.6) is 0 Å². The zero-order valence-corrected chi connectivity index (χ0v) is 5.74. The Labute approximate surface area is 62.3 Å². The van der Waals surface area contributed by atoms with Crippen LogP contribution < -0.4 is 11.0 Å². The zero-order valence-electron chi connectivity index (χ0n) is 5.74. The molecule has 3 N–H and O–H groups in total. The predicted molar refractivity (Wildman–Crippen MR) is 38.2 cm³/mol. The molecule has 0 saturated heterocycles. The second kappa shape index (κ2) is 3.67. The lowest BCUT2D eigenvalue weighted by atomic mass is 10.7. The van der Waals surface area contributed by atoms with Crippen LogP contribution in [0.25, 0.3) is 0 Å². The molecule has 0 aliphatic heterocycles. The summed E-state index contributed by atoms with van der Waals surface area (Å²) in [5.41, 5.74) is -0.458. The molecule has 0 radical (unpaired) electrons. The van der Waals surface area contributed by atoms with E-state index in [0.717, 1.165) is 6.33 Å². The molecule has 1 aromatic rings. The molecule has 0 unspecified atom stereocenters. The van der Waals surface area contributed by atoms with Gasteiger partial charge in [-0.05, 0) is 0 Å². The Hall–Kier alpha value is -1.43. The molecular weight excluding hydrogens is 148 g/mol. The lowest BCUT2D eigenvalue weighted by Gasteiger charge is -1.99. The van der Waals surface area contributed by atoms with Crippen molar-refractivity contribution in [1.29, 1.82) is 0 Å². The van der Waals surface area contributed by atoms with Gasteiger partial charge in [-0.25, -0.2) is 9.78 Å². The number of hydrogen-bond donors (Lipinski definition) is 3. The van der Waals surface area contributed by atoms with Crippen LogP contribution >= 0.6 is 0 Å². The number of rotatable bonds is 3. The quantitative estimate of drug-likeness (QED) is 0.499. The molecule has 6 nitrogen and oxygen atoms in total. The Morgan fingerprint density at radius 2 is 2.45 bits per heavy atom. The fourth-order valence-corrected chi connectivity index (χ4v) is 0.569. The molecule has 0 atom stereocenters. The average molecular weight is 156 g/mol. The normalized spacial score (nSPS) is 9.55. The minimum Gasteiger partial charge on any atom is -0.395 e. The van der Waals surface area contributed by atoms with Crippen molar-refractivity contribution in [1.82, 2.24) is 15.0 Å². The fourth-order valence-electron chi connectivity index (χ4n) is 0.569. The second-order valence-electron chi connectivity index (χ2n) is 1.80. The van der Waals surface area contributed by atoms with Crippen LogP contribution in [0.4, 0.5) is 5.95 Å². The fraction of sp³-hybridized carbons (Fsp3) is 0.400. The summed E-state index contributed by atoms with van der Waals surface area (Å²) in [7, 11) is 0. The molecule has 0 aromatic carbocycles. The van der Waals surface area contributed by atoms with Gasteiger partial charge in [0.2, 0.25) is 5.95 Å². The molecule has 1 aromatic heterocycles. The average Bonchev–Trinajstić information content (AvgIpc) is 2.01. The largest absolute Gasteiger partial charge is 0.395 e. The van der Waals surface area contributed by atoms with Crippen LogP contribution in [0.3, 0.4) is 0 Å². The lowest BCUT2D eigenvalue weighted by molar-refractivity contribution is 0.310. The third-order valence-electron chi connectivity index (χ3n) is 0.991. The molecule has 0 spiro atoms. The molecule has 11 heavy (non-hydrogen) atoms. The molecule has 6 heteroatoms. The summed E-state index contributed by atoms with van der Waals surface area (Å²) in [5.74, 6) is 0.319. The third-order valence-corrected chi connectivity index (χ3v) is 0.991. The zero-order chi connectivity index (χ0) is 8.10. The number of nitrogens with zero attached hydrogens (tertiary/aromatic N) is 2. The summed E-state index contributed by atoms with van der Waals surface area (Å²) in [6.45, 7) is 0.346. The first-order valence-corrected chi connectivity index (χ1v) is 3.09. The molecule has 0 aliphatic rings. The van der Waals surface area contributed by atoms with Gasteiger partial charge in [-0.2, -0.15) is 4.98 Å². The summed E-state index contributed by atoms with van der Waals surface area (Å²) in [6, 6.07) is 0. The molecule has 0 saturated carbocycles. The minimum atomic E-state index is -0.458. The van der Waals surface area contributed by atoms with E-state index in [0.29, 0.717) is 12.5 Å². The maximum absolute atomic E-state index is 10.5. The molecular formula is C5H8N4O2. The maximum atomic E-state index is 10.5.